The summed E-state index contributed by atoms with van der Waals surface area (Å²) in [5, 5.41) is 3.26. The number of pyridine rings is 2. The number of nitrogens with one attached hydrogen (secondary N) is 3. The molecule has 3 N–H and O–H groups in total. The Morgan fingerprint density at radius 3 is 2.63 bits per heavy atom. The number of hydrogen-bond acceptors (Lipinski definition) is 7. The van der Waals surface area contributed by atoms with Crippen LogP contribution in [0.3, 0.4) is 0 Å². The van der Waals surface area contributed by atoms with E-state index in [1.54, 1.807) is 37.4 Å². The number of fused-ring (bicyclic) bond motifs is 1. The third kappa shape index (κ3) is 3.72. The lowest BCUT2D eigenvalue weighted by molar-refractivity contribution is 0.101. The van der Waals surface area contributed by atoms with E-state index in [9.17, 15) is 14.4 Å². The second-order valence-corrected chi connectivity index (χ2v) is 6.75. The first kappa shape index (κ1) is 19.5. The number of H-pyrrole nitrogens is 2. The van der Waals surface area contributed by atoms with E-state index in [1.165, 1.54) is 6.20 Å². The molecular formula is C19H16ClN7O3. The first-order valence-corrected chi connectivity index (χ1v) is 9.42. The second-order valence-electron chi connectivity index (χ2n) is 6.37. The largest absolute Gasteiger partial charge is 0.363 e. The van der Waals surface area contributed by atoms with Crippen molar-refractivity contribution in [2.24, 2.45) is 0 Å². The number of rotatable bonds is 6. The van der Waals surface area contributed by atoms with Crippen LogP contribution in [-0.4, -0.2) is 41.8 Å². The third-order valence-electron chi connectivity index (χ3n) is 4.47. The highest BCUT2D eigenvalue weighted by atomic mass is 35.5. The Labute approximate surface area is 174 Å². The van der Waals surface area contributed by atoms with Crippen LogP contribution in [0.1, 0.15) is 17.3 Å². The molecule has 0 radical (unpaired) electrons. The van der Waals surface area contributed by atoms with Gasteiger partial charge in [-0.25, -0.2) is 19.7 Å². The Morgan fingerprint density at radius 1 is 1.13 bits per heavy atom. The van der Waals surface area contributed by atoms with Crippen LogP contribution >= 0.6 is 11.6 Å². The lowest BCUT2D eigenvalue weighted by Gasteiger charge is -2.05. The summed E-state index contributed by atoms with van der Waals surface area (Å²) < 4.78 is 1.09. The van der Waals surface area contributed by atoms with E-state index in [-0.39, 0.29) is 30.0 Å². The van der Waals surface area contributed by atoms with Gasteiger partial charge in [0, 0.05) is 30.1 Å². The van der Waals surface area contributed by atoms with E-state index < -0.39 is 11.2 Å². The van der Waals surface area contributed by atoms with Gasteiger partial charge >= 0.3 is 5.69 Å². The normalized spacial score (nSPS) is 11.0. The molecule has 10 nitrogen and oxygen atoms in total. The number of hydrogen-bond donors (Lipinski definition) is 3. The quantitative estimate of drug-likeness (QED) is 0.316. The molecule has 0 saturated carbocycles. The lowest BCUT2D eigenvalue weighted by Crippen LogP contribution is -2.34. The average molecular weight is 426 g/mol. The number of imidazole rings is 1. The Kier molecular flexibility index (Phi) is 5.15. The van der Waals surface area contributed by atoms with Gasteiger partial charge in [0.05, 0.1) is 6.54 Å². The first-order valence-electron chi connectivity index (χ1n) is 9.04. The van der Waals surface area contributed by atoms with Gasteiger partial charge in [0.2, 0.25) is 0 Å². The van der Waals surface area contributed by atoms with Crippen LogP contribution < -0.4 is 16.6 Å². The molecule has 0 amide bonds. The van der Waals surface area contributed by atoms with Gasteiger partial charge < -0.3 is 10.3 Å². The Bertz CT molecular complexity index is 1340. The Morgan fingerprint density at radius 2 is 1.97 bits per heavy atom. The number of halogens is 1. The minimum atomic E-state index is -0.508. The molecule has 0 saturated heterocycles. The topological polar surface area (TPSA) is 138 Å². The SMILES string of the molecule is CCn1c(=O)[nH]c2nc(-c3ccc(NCC(=O)c4ccc(Cl)nc4)nc3)[nH]c2c1=O. The van der Waals surface area contributed by atoms with Crippen molar-refractivity contribution in [1.29, 1.82) is 0 Å². The maximum absolute atomic E-state index is 12.4. The summed E-state index contributed by atoms with van der Waals surface area (Å²) in [6, 6.07) is 6.58. The average Bonchev–Trinajstić information content (AvgIpc) is 3.17. The molecule has 4 heterocycles. The van der Waals surface area contributed by atoms with Crippen LogP contribution in [0.2, 0.25) is 5.15 Å². The summed E-state index contributed by atoms with van der Waals surface area (Å²) in [5.74, 6) is 0.735. The fourth-order valence-corrected chi connectivity index (χ4v) is 3.00. The molecule has 4 aromatic heterocycles. The van der Waals surface area contributed by atoms with Gasteiger partial charge in [-0.05, 0) is 31.2 Å². The zero-order chi connectivity index (χ0) is 21.3. The number of anilines is 1. The van der Waals surface area contributed by atoms with Crippen molar-refractivity contribution >= 4 is 34.4 Å². The van der Waals surface area contributed by atoms with Crippen molar-refractivity contribution in [1.82, 2.24) is 29.5 Å². The number of carbonyl (C=O) groups excluding carboxylic acids is 1. The standard InChI is InChI=1S/C19H16ClN7O3/c1-2-27-18(29)15-17(26-19(27)30)25-16(24-15)11-4-6-14(22-8-11)23-9-12(28)10-3-5-13(20)21-7-10/h3-8H,2,9H2,1H3,(H,22,23)(H,24,25)(H,26,30). The monoisotopic (exact) mass is 425 g/mol. The van der Waals surface area contributed by atoms with E-state index in [2.05, 4.69) is 30.2 Å². The molecule has 4 aromatic rings. The maximum Gasteiger partial charge on any atom is 0.330 e. The summed E-state index contributed by atoms with van der Waals surface area (Å²) in [5.41, 5.74) is 0.526. The van der Waals surface area contributed by atoms with Crippen molar-refractivity contribution in [3.8, 4) is 11.4 Å². The van der Waals surface area contributed by atoms with Crippen LogP contribution in [0.15, 0.2) is 46.2 Å². The first-order chi connectivity index (χ1) is 14.5. The van der Waals surface area contributed by atoms with Crippen molar-refractivity contribution in [2.75, 3.05) is 11.9 Å². The molecule has 0 fully saturated rings. The van der Waals surface area contributed by atoms with E-state index >= 15 is 0 Å². The van der Waals surface area contributed by atoms with Gasteiger partial charge in [-0.2, -0.15) is 0 Å². The fourth-order valence-electron chi connectivity index (χ4n) is 2.89. The number of ketones is 1. The summed E-state index contributed by atoms with van der Waals surface area (Å²) in [6.07, 6.45) is 2.96. The van der Waals surface area contributed by atoms with Crippen LogP contribution in [0.25, 0.3) is 22.6 Å². The molecule has 0 atom stereocenters. The van der Waals surface area contributed by atoms with Crippen LogP contribution in [0, 0.1) is 0 Å². The number of carbonyl (C=O) groups is 1. The van der Waals surface area contributed by atoms with Gasteiger partial charge in [0.15, 0.2) is 11.4 Å². The molecule has 0 aliphatic heterocycles. The number of aromatic nitrogens is 6. The highest BCUT2D eigenvalue weighted by Gasteiger charge is 2.13. The summed E-state index contributed by atoms with van der Waals surface area (Å²) >= 11 is 5.72. The molecule has 0 aliphatic rings. The fraction of sp³-hybridized carbons (Fsp3) is 0.158. The van der Waals surface area contributed by atoms with Crippen LogP contribution in [0.5, 0.6) is 0 Å². The van der Waals surface area contributed by atoms with E-state index in [0.717, 1.165) is 4.57 Å². The van der Waals surface area contributed by atoms with E-state index in [0.29, 0.717) is 27.9 Å². The zero-order valence-corrected chi connectivity index (χ0v) is 16.5. The molecule has 0 aliphatic carbocycles. The predicted octanol–water partition coefficient (Wildman–Crippen LogP) is 1.84. The lowest BCUT2D eigenvalue weighted by atomic mass is 10.2. The molecule has 0 bridgehead atoms. The van der Waals surface area contributed by atoms with Crippen molar-refractivity contribution in [2.45, 2.75) is 13.5 Å². The maximum atomic E-state index is 12.4. The van der Waals surface area contributed by atoms with Crippen molar-refractivity contribution < 1.29 is 4.79 Å². The number of Topliss-reactive ketones (excluding diaryl/α,β-unsaturated/α-hetero) is 1. The summed E-state index contributed by atoms with van der Waals surface area (Å²) in [7, 11) is 0. The molecule has 0 aromatic carbocycles. The molecule has 152 valence electrons. The van der Waals surface area contributed by atoms with Crippen LogP contribution in [0.4, 0.5) is 5.82 Å². The summed E-state index contributed by atoms with van der Waals surface area (Å²) in [4.78, 5) is 54.4. The number of aromatic amines is 2. The van der Waals surface area contributed by atoms with E-state index in [1.807, 2.05) is 0 Å². The number of nitrogens with zero attached hydrogens (tertiary/aromatic N) is 4. The van der Waals surface area contributed by atoms with Gasteiger partial charge in [-0.3, -0.25) is 19.1 Å². The van der Waals surface area contributed by atoms with E-state index in [4.69, 9.17) is 11.6 Å². The molecule has 11 heteroatoms. The smallest absolute Gasteiger partial charge is 0.330 e. The Balaban J connectivity index is 1.51. The van der Waals surface area contributed by atoms with Gasteiger partial charge in [-0.15, -0.1) is 0 Å². The Hall–Kier alpha value is -3.79. The van der Waals surface area contributed by atoms with Crippen LogP contribution in [-0.2, 0) is 6.54 Å². The highest BCUT2D eigenvalue weighted by Crippen LogP contribution is 2.18. The molecule has 30 heavy (non-hydrogen) atoms. The van der Waals surface area contributed by atoms with Gasteiger partial charge in [0.1, 0.15) is 22.3 Å². The third-order valence-corrected chi connectivity index (χ3v) is 4.69. The highest BCUT2D eigenvalue weighted by molar-refractivity contribution is 6.29. The zero-order valence-electron chi connectivity index (χ0n) is 15.8. The van der Waals surface area contributed by atoms with Gasteiger partial charge in [0.25, 0.3) is 5.56 Å². The molecule has 4 rings (SSSR count). The van der Waals surface area contributed by atoms with Gasteiger partial charge in [-0.1, -0.05) is 11.6 Å². The molecule has 0 spiro atoms. The molecule has 0 unspecified atom stereocenters. The summed E-state index contributed by atoms with van der Waals surface area (Å²) in [6.45, 7) is 2.01. The predicted molar refractivity (Wildman–Crippen MR) is 112 cm³/mol. The van der Waals surface area contributed by atoms with Crippen molar-refractivity contribution in [3.63, 3.8) is 0 Å². The second kappa shape index (κ2) is 7.91. The molecular weight excluding hydrogens is 410 g/mol. The van der Waals surface area contributed by atoms with Crippen molar-refractivity contribution in [3.05, 3.63) is 68.2 Å². The minimum absolute atomic E-state index is 0.0398. The minimum Gasteiger partial charge on any atom is -0.363 e.